The zero-order valence-corrected chi connectivity index (χ0v) is 10.9. The van der Waals surface area contributed by atoms with Crippen molar-refractivity contribution in [1.82, 2.24) is 4.98 Å². The van der Waals surface area contributed by atoms with Gasteiger partial charge in [-0.2, -0.15) is 8.78 Å². The van der Waals surface area contributed by atoms with Gasteiger partial charge in [-0.3, -0.25) is 0 Å². The number of para-hydroxylation sites is 1. The standard InChI is InChI=1S/C14H16F2N2O/c1-3-5-9-8-11(17-2)10-6-4-7-12(13(10)18-9)19-14(15)16/h4,6-8,14H,3,5H2,1-2H3,(H,17,18). The Morgan fingerprint density at radius 3 is 2.79 bits per heavy atom. The first-order valence-corrected chi connectivity index (χ1v) is 6.21. The molecule has 1 aromatic heterocycles. The van der Waals surface area contributed by atoms with E-state index in [0.29, 0.717) is 5.52 Å². The van der Waals surface area contributed by atoms with Crippen LogP contribution in [0.4, 0.5) is 14.5 Å². The van der Waals surface area contributed by atoms with Gasteiger partial charge in [0, 0.05) is 23.8 Å². The van der Waals surface area contributed by atoms with Gasteiger partial charge >= 0.3 is 6.61 Å². The summed E-state index contributed by atoms with van der Waals surface area (Å²) in [7, 11) is 1.80. The molecular weight excluding hydrogens is 250 g/mol. The molecule has 1 heterocycles. The number of benzene rings is 1. The van der Waals surface area contributed by atoms with Gasteiger partial charge in [0.25, 0.3) is 0 Å². The van der Waals surface area contributed by atoms with Crippen molar-refractivity contribution in [2.75, 3.05) is 12.4 Å². The predicted octanol–water partition coefficient (Wildman–Crippen LogP) is 3.83. The van der Waals surface area contributed by atoms with Crippen LogP contribution < -0.4 is 10.1 Å². The van der Waals surface area contributed by atoms with Gasteiger partial charge in [-0.05, 0) is 18.6 Å². The Labute approximate surface area is 110 Å². The van der Waals surface area contributed by atoms with Gasteiger partial charge in [0.05, 0.1) is 0 Å². The van der Waals surface area contributed by atoms with Crippen molar-refractivity contribution >= 4 is 16.6 Å². The highest BCUT2D eigenvalue weighted by Crippen LogP contribution is 2.31. The highest BCUT2D eigenvalue weighted by molar-refractivity contribution is 5.95. The van der Waals surface area contributed by atoms with Crippen LogP contribution in [0.1, 0.15) is 19.0 Å². The summed E-state index contributed by atoms with van der Waals surface area (Å²) < 4.78 is 29.4. The van der Waals surface area contributed by atoms with Crippen LogP contribution in [0.25, 0.3) is 10.9 Å². The predicted molar refractivity (Wildman–Crippen MR) is 71.9 cm³/mol. The third-order valence-corrected chi connectivity index (χ3v) is 2.85. The second-order valence-corrected chi connectivity index (χ2v) is 4.19. The Kier molecular flexibility index (Phi) is 4.14. The number of alkyl halides is 2. The lowest BCUT2D eigenvalue weighted by Crippen LogP contribution is -2.04. The number of anilines is 1. The summed E-state index contributed by atoms with van der Waals surface area (Å²) in [5.41, 5.74) is 2.20. The number of rotatable bonds is 5. The second kappa shape index (κ2) is 5.82. The Hall–Kier alpha value is -1.91. The molecule has 0 unspecified atom stereocenters. The monoisotopic (exact) mass is 266 g/mol. The van der Waals surface area contributed by atoms with Gasteiger partial charge in [-0.25, -0.2) is 4.98 Å². The SMILES string of the molecule is CCCc1cc(NC)c2cccc(OC(F)F)c2n1. The van der Waals surface area contributed by atoms with Gasteiger partial charge < -0.3 is 10.1 Å². The van der Waals surface area contributed by atoms with E-state index in [2.05, 4.69) is 15.0 Å². The Bertz CT molecular complexity index is 573. The molecule has 0 saturated carbocycles. The molecular formula is C14H16F2N2O. The maximum atomic E-state index is 12.4. The van der Waals surface area contributed by atoms with Crippen LogP contribution in [-0.2, 0) is 6.42 Å². The lowest BCUT2D eigenvalue weighted by molar-refractivity contribution is -0.0489. The summed E-state index contributed by atoms with van der Waals surface area (Å²) in [6.45, 7) is -0.799. The molecule has 0 fully saturated rings. The van der Waals surface area contributed by atoms with E-state index in [1.165, 1.54) is 6.07 Å². The van der Waals surface area contributed by atoms with Crippen LogP contribution in [0.5, 0.6) is 5.75 Å². The first kappa shape index (κ1) is 13.5. The van der Waals surface area contributed by atoms with Crippen molar-refractivity contribution < 1.29 is 13.5 Å². The smallest absolute Gasteiger partial charge is 0.387 e. The van der Waals surface area contributed by atoms with Gasteiger partial charge in [0.2, 0.25) is 0 Å². The number of pyridine rings is 1. The molecule has 3 nitrogen and oxygen atoms in total. The fraction of sp³-hybridized carbons (Fsp3) is 0.357. The molecule has 1 N–H and O–H groups in total. The quantitative estimate of drug-likeness (QED) is 0.893. The summed E-state index contributed by atoms with van der Waals surface area (Å²) in [5.74, 6) is 0.113. The Morgan fingerprint density at radius 1 is 1.37 bits per heavy atom. The number of hydrogen-bond donors (Lipinski definition) is 1. The number of aryl methyl sites for hydroxylation is 1. The summed E-state index contributed by atoms with van der Waals surface area (Å²) in [6.07, 6.45) is 1.74. The lowest BCUT2D eigenvalue weighted by Gasteiger charge is -2.12. The van der Waals surface area contributed by atoms with Crippen LogP contribution in [0, 0.1) is 0 Å². The van der Waals surface area contributed by atoms with E-state index in [9.17, 15) is 8.78 Å². The Balaban J connectivity index is 2.61. The van der Waals surface area contributed by atoms with Crippen molar-refractivity contribution in [3.8, 4) is 5.75 Å². The fourth-order valence-corrected chi connectivity index (χ4v) is 2.06. The molecule has 5 heteroatoms. The fourth-order valence-electron chi connectivity index (χ4n) is 2.06. The van der Waals surface area contributed by atoms with Crippen LogP contribution in [0.3, 0.4) is 0 Å². The number of nitrogens with zero attached hydrogens (tertiary/aromatic N) is 1. The number of nitrogens with one attached hydrogen (secondary N) is 1. The number of hydrogen-bond acceptors (Lipinski definition) is 3. The minimum atomic E-state index is -2.85. The van der Waals surface area contributed by atoms with Crippen LogP contribution in [0.2, 0.25) is 0 Å². The maximum Gasteiger partial charge on any atom is 0.387 e. The molecule has 19 heavy (non-hydrogen) atoms. The van der Waals surface area contributed by atoms with E-state index in [4.69, 9.17) is 0 Å². The van der Waals surface area contributed by atoms with Crippen molar-refractivity contribution in [1.29, 1.82) is 0 Å². The first-order chi connectivity index (χ1) is 9.15. The highest BCUT2D eigenvalue weighted by atomic mass is 19.3. The topological polar surface area (TPSA) is 34.1 Å². The number of fused-ring (bicyclic) bond motifs is 1. The third-order valence-electron chi connectivity index (χ3n) is 2.85. The van der Waals surface area contributed by atoms with Gasteiger partial charge in [0.1, 0.15) is 5.52 Å². The molecule has 2 rings (SSSR count). The van der Waals surface area contributed by atoms with Gasteiger partial charge in [0.15, 0.2) is 5.75 Å². The highest BCUT2D eigenvalue weighted by Gasteiger charge is 2.12. The Morgan fingerprint density at radius 2 is 2.16 bits per heavy atom. The summed E-state index contributed by atoms with van der Waals surface area (Å²) >= 11 is 0. The minimum Gasteiger partial charge on any atom is -0.432 e. The lowest BCUT2D eigenvalue weighted by atomic mass is 10.1. The van der Waals surface area contributed by atoms with E-state index < -0.39 is 6.61 Å². The molecule has 0 aliphatic carbocycles. The number of ether oxygens (including phenoxy) is 1. The zero-order chi connectivity index (χ0) is 13.8. The third kappa shape index (κ3) is 2.92. The maximum absolute atomic E-state index is 12.4. The summed E-state index contributed by atoms with van der Waals surface area (Å²) in [4.78, 5) is 4.43. The molecule has 0 atom stereocenters. The molecule has 0 saturated heterocycles. The number of aromatic nitrogens is 1. The molecule has 102 valence electrons. The zero-order valence-electron chi connectivity index (χ0n) is 10.9. The second-order valence-electron chi connectivity index (χ2n) is 4.19. The van der Waals surface area contributed by atoms with Crippen molar-refractivity contribution in [2.24, 2.45) is 0 Å². The normalized spacial score (nSPS) is 11.0. The van der Waals surface area contributed by atoms with Crippen LogP contribution in [0.15, 0.2) is 24.3 Å². The minimum absolute atomic E-state index is 0.113. The van der Waals surface area contributed by atoms with Gasteiger partial charge in [-0.1, -0.05) is 25.5 Å². The molecule has 0 amide bonds. The van der Waals surface area contributed by atoms with E-state index in [1.54, 1.807) is 13.1 Å². The molecule has 0 bridgehead atoms. The summed E-state index contributed by atoms with van der Waals surface area (Å²) in [6, 6.07) is 6.97. The largest absolute Gasteiger partial charge is 0.432 e. The molecule has 0 aliphatic rings. The van der Waals surface area contributed by atoms with E-state index in [1.807, 2.05) is 19.1 Å². The van der Waals surface area contributed by atoms with E-state index in [-0.39, 0.29) is 5.75 Å². The average molecular weight is 266 g/mol. The van der Waals surface area contributed by atoms with Crippen LogP contribution >= 0.6 is 0 Å². The number of halogens is 2. The molecule has 0 spiro atoms. The van der Waals surface area contributed by atoms with Crippen LogP contribution in [-0.4, -0.2) is 18.6 Å². The molecule has 1 aromatic carbocycles. The summed E-state index contributed by atoms with van der Waals surface area (Å²) in [5, 5.41) is 3.84. The van der Waals surface area contributed by atoms with Crippen molar-refractivity contribution in [2.45, 2.75) is 26.4 Å². The molecule has 0 radical (unpaired) electrons. The average Bonchev–Trinajstić information content (AvgIpc) is 2.38. The van der Waals surface area contributed by atoms with E-state index in [0.717, 1.165) is 29.6 Å². The molecule has 0 aliphatic heterocycles. The first-order valence-electron chi connectivity index (χ1n) is 6.21. The van der Waals surface area contributed by atoms with Gasteiger partial charge in [-0.15, -0.1) is 0 Å². The molecule has 2 aromatic rings. The van der Waals surface area contributed by atoms with Crippen molar-refractivity contribution in [3.63, 3.8) is 0 Å². The van der Waals surface area contributed by atoms with E-state index >= 15 is 0 Å². The van der Waals surface area contributed by atoms with Crippen molar-refractivity contribution in [3.05, 3.63) is 30.0 Å².